The second kappa shape index (κ2) is 8.71. The molecule has 0 bridgehead atoms. The molecule has 0 fully saturated rings. The van der Waals surface area contributed by atoms with Crippen molar-refractivity contribution in [2.75, 3.05) is 11.2 Å². The van der Waals surface area contributed by atoms with E-state index in [1.165, 1.54) is 5.56 Å². The van der Waals surface area contributed by atoms with E-state index in [0.717, 1.165) is 5.56 Å². The first-order chi connectivity index (χ1) is 13.4. The number of carbonyl (C=O) groups excluding carboxylic acids is 1. The van der Waals surface area contributed by atoms with Gasteiger partial charge in [0.1, 0.15) is 5.88 Å². The van der Waals surface area contributed by atoms with Gasteiger partial charge in [0.15, 0.2) is 9.84 Å². The number of aryl methyl sites for hydroxylation is 1. The minimum Gasteiger partial charge on any atom is -0.371 e. The van der Waals surface area contributed by atoms with Crippen molar-refractivity contribution in [3.8, 4) is 0 Å². The fraction of sp³-hybridized carbons (Fsp3) is 0.136. The van der Waals surface area contributed by atoms with Gasteiger partial charge in [-0.2, -0.15) is 0 Å². The molecule has 3 rings (SSSR count). The van der Waals surface area contributed by atoms with E-state index in [9.17, 15) is 13.2 Å². The molecule has 3 aromatic carbocycles. The molecule has 1 amide bonds. The number of sulfone groups is 1. The highest BCUT2D eigenvalue weighted by Crippen LogP contribution is 2.14. The molecule has 0 aromatic heterocycles. The summed E-state index contributed by atoms with van der Waals surface area (Å²) in [4.78, 5) is 12.5. The lowest BCUT2D eigenvalue weighted by Gasteiger charge is -2.09. The molecule has 3 aromatic rings. The van der Waals surface area contributed by atoms with Crippen LogP contribution in [0.15, 0.2) is 83.8 Å². The molecule has 0 aliphatic rings. The Morgan fingerprint density at radius 3 is 2.14 bits per heavy atom. The maximum Gasteiger partial charge on any atom is 0.251 e. The lowest BCUT2D eigenvalue weighted by Crippen LogP contribution is -2.22. The van der Waals surface area contributed by atoms with Crippen LogP contribution in [-0.2, 0) is 16.4 Å². The molecule has 0 atom stereocenters. The lowest BCUT2D eigenvalue weighted by molar-refractivity contribution is 0.0951. The van der Waals surface area contributed by atoms with Crippen molar-refractivity contribution in [3.63, 3.8) is 0 Å². The van der Waals surface area contributed by atoms with Gasteiger partial charge in [-0.1, -0.05) is 48.0 Å². The number of hydrogen-bond donors (Lipinski definition) is 2. The molecule has 0 aliphatic heterocycles. The Balaban J connectivity index is 1.55. The van der Waals surface area contributed by atoms with Gasteiger partial charge < -0.3 is 10.6 Å². The summed E-state index contributed by atoms with van der Waals surface area (Å²) >= 11 is 0. The highest BCUT2D eigenvalue weighted by atomic mass is 32.2. The average Bonchev–Trinajstić information content (AvgIpc) is 2.73. The smallest absolute Gasteiger partial charge is 0.251 e. The van der Waals surface area contributed by atoms with Gasteiger partial charge in [0.25, 0.3) is 5.91 Å². The molecule has 0 heterocycles. The number of carbonyl (C=O) groups is 1. The molecule has 0 saturated carbocycles. The Kier molecular flexibility index (Phi) is 6.11. The molecule has 0 saturated heterocycles. The molecule has 6 heteroatoms. The third kappa shape index (κ3) is 5.20. The Hall–Kier alpha value is -3.12. The molecule has 2 N–H and O–H groups in total. The second-order valence-electron chi connectivity index (χ2n) is 6.49. The van der Waals surface area contributed by atoms with Crippen LogP contribution in [0, 0.1) is 6.92 Å². The number of benzene rings is 3. The molecule has 0 spiro atoms. The summed E-state index contributed by atoms with van der Waals surface area (Å²) in [7, 11) is -3.42. The van der Waals surface area contributed by atoms with Gasteiger partial charge in [0.2, 0.25) is 0 Å². The molecule has 0 radical (unpaired) electrons. The number of rotatable bonds is 7. The highest BCUT2D eigenvalue weighted by molar-refractivity contribution is 7.91. The van der Waals surface area contributed by atoms with Crippen LogP contribution in [0.2, 0.25) is 0 Å². The summed E-state index contributed by atoms with van der Waals surface area (Å²) < 4.78 is 24.6. The van der Waals surface area contributed by atoms with Gasteiger partial charge >= 0.3 is 0 Å². The zero-order chi connectivity index (χ0) is 20.0. The monoisotopic (exact) mass is 394 g/mol. The van der Waals surface area contributed by atoms with Crippen LogP contribution >= 0.6 is 0 Å². The van der Waals surface area contributed by atoms with Crippen molar-refractivity contribution < 1.29 is 13.2 Å². The fourth-order valence-electron chi connectivity index (χ4n) is 2.62. The van der Waals surface area contributed by atoms with E-state index in [4.69, 9.17) is 0 Å². The number of hydrogen-bond acceptors (Lipinski definition) is 4. The van der Waals surface area contributed by atoms with Gasteiger partial charge in [0, 0.05) is 17.8 Å². The van der Waals surface area contributed by atoms with Crippen molar-refractivity contribution in [2.24, 2.45) is 0 Å². The SMILES string of the molecule is Cc1ccc(CNC(=O)c2ccc(NCS(=O)(=O)c3ccccc3)cc2)cc1. The third-order valence-corrected chi connectivity index (χ3v) is 5.80. The Bertz CT molecular complexity index is 1030. The normalized spacial score (nSPS) is 11.0. The predicted octanol–water partition coefficient (Wildman–Crippen LogP) is 3.77. The van der Waals surface area contributed by atoms with E-state index in [0.29, 0.717) is 17.8 Å². The van der Waals surface area contributed by atoms with E-state index in [-0.39, 0.29) is 16.7 Å². The number of amides is 1. The van der Waals surface area contributed by atoms with Crippen LogP contribution in [0.1, 0.15) is 21.5 Å². The quantitative estimate of drug-likeness (QED) is 0.640. The Morgan fingerprint density at radius 1 is 0.857 bits per heavy atom. The van der Waals surface area contributed by atoms with Gasteiger partial charge in [-0.3, -0.25) is 4.79 Å². The van der Waals surface area contributed by atoms with E-state index >= 15 is 0 Å². The lowest BCUT2D eigenvalue weighted by atomic mass is 10.1. The van der Waals surface area contributed by atoms with Crippen LogP contribution in [0.3, 0.4) is 0 Å². The maximum atomic E-state index is 12.3. The highest BCUT2D eigenvalue weighted by Gasteiger charge is 2.13. The summed E-state index contributed by atoms with van der Waals surface area (Å²) in [5.74, 6) is -0.389. The minimum atomic E-state index is -3.42. The second-order valence-corrected chi connectivity index (χ2v) is 8.48. The van der Waals surface area contributed by atoms with Crippen LogP contribution in [-0.4, -0.2) is 20.2 Å². The first-order valence-corrected chi connectivity index (χ1v) is 10.5. The van der Waals surface area contributed by atoms with Crippen LogP contribution in [0.4, 0.5) is 5.69 Å². The standard InChI is InChI=1S/C22H22N2O3S/c1-17-7-9-18(10-8-17)15-23-22(25)19-11-13-20(14-12-19)24-16-28(26,27)21-5-3-2-4-6-21/h2-14,24H,15-16H2,1H3,(H,23,25). The number of nitrogens with one attached hydrogen (secondary N) is 2. The van der Waals surface area contributed by atoms with Crippen molar-refractivity contribution in [3.05, 3.63) is 95.6 Å². The summed E-state index contributed by atoms with van der Waals surface area (Å²) in [6.07, 6.45) is 0. The summed E-state index contributed by atoms with van der Waals surface area (Å²) in [6.45, 7) is 2.47. The number of anilines is 1. The van der Waals surface area contributed by atoms with Gasteiger partial charge in [-0.15, -0.1) is 0 Å². The minimum absolute atomic E-state index is 0.177. The molecule has 5 nitrogen and oxygen atoms in total. The fourth-order valence-corrected chi connectivity index (χ4v) is 3.71. The maximum absolute atomic E-state index is 12.3. The van der Waals surface area contributed by atoms with Gasteiger partial charge in [0.05, 0.1) is 4.90 Å². The Labute approximate surface area is 165 Å². The van der Waals surface area contributed by atoms with Crippen molar-refractivity contribution >= 4 is 21.4 Å². The predicted molar refractivity (Wildman–Crippen MR) is 111 cm³/mol. The largest absolute Gasteiger partial charge is 0.371 e. The van der Waals surface area contributed by atoms with E-state index < -0.39 is 9.84 Å². The third-order valence-electron chi connectivity index (χ3n) is 4.29. The Morgan fingerprint density at radius 2 is 1.50 bits per heavy atom. The van der Waals surface area contributed by atoms with Crippen LogP contribution < -0.4 is 10.6 Å². The van der Waals surface area contributed by atoms with Crippen molar-refractivity contribution in [1.82, 2.24) is 5.32 Å². The molecule has 144 valence electrons. The van der Waals surface area contributed by atoms with E-state index in [1.807, 2.05) is 31.2 Å². The van der Waals surface area contributed by atoms with Crippen molar-refractivity contribution in [1.29, 1.82) is 0 Å². The molecular formula is C22H22N2O3S. The van der Waals surface area contributed by atoms with Gasteiger partial charge in [-0.05, 0) is 48.9 Å². The first kappa shape index (κ1) is 19.6. The average molecular weight is 394 g/mol. The van der Waals surface area contributed by atoms with Crippen molar-refractivity contribution in [2.45, 2.75) is 18.4 Å². The topological polar surface area (TPSA) is 75.3 Å². The van der Waals surface area contributed by atoms with E-state index in [2.05, 4.69) is 10.6 Å². The summed E-state index contributed by atoms with van der Waals surface area (Å²) in [5.41, 5.74) is 3.36. The zero-order valence-corrected chi connectivity index (χ0v) is 16.4. The molecule has 28 heavy (non-hydrogen) atoms. The van der Waals surface area contributed by atoms with Crippen LogP contribution in [0.5, 0.6) is 0 Å². The van der Waals surface area contributed by atoms with Gasteiger partial charge in [-0.25, -0.2) is 8.42 Å². The van der Waals surface area contributed by atoms with Crippen LogP contribution in [0.25, 0.3) is 0 Å². The van der Waals surface area contributed by atoms with E-state index in [1.54, 1.807) is 54.6 Å². The zero-order valence-electron chi connectivity index (χ0n) is 15.6. The molecule has 0 unspecified atom stereocenters. The molecule has 0 aliphatic carbocycles. The summed E-state index contributed by atoms with van der Waals surface area (Å²) in [6, 6.07) is 23.0. The molecular weight excluding hydrogens is 372 g/mol. The summed E-state index contributed by atoms with van der Waals surface area (Å²) in [5, 5.41) is 5.77. The first-order valence-electron chi connectivity index (χ1n) is 8.89.